The molecule has 0 N–H and O–H groups in total. The van der Waals surface area contributed by atoms with Crippen LogP contribution in [0.2, 0.25) is 5.02 Å². The Kier molecular flexibility index (Phi) is 6.25. The van der Waals surface area contributed by atoms with Crippen molar-refractivity contribution >= 4 is 29.1 Å². The van der Waals surface area contributed by atoms with Crippen molar-refractivity contribution in [2.24, 2.45) is 5.92 Å². The molecule has 0 amide bonds. The largest absolute Gasteiger partial charge is 0.299 e. The van der Waals surface area contributed by atoms with E-state index >= 15 is 0 Å². The van der Waals surface area contributed by atoms with Gasteiger partial charge in [0.2, 0.25) is 0 Å². The lowest BCUT2D eigenvalue weighted by Gasteiger charge is -2.20. The summed E-state index contributed by atoms with van der Waals surface area (Å²) in [5.74, 6) is 1.75. The quantitative estimate of drug-likeness (QED) is 0.657. The fourth-order valence-corrected chi connectivity index (χ4v) is 3.75. The van der Waals surface area contributed by atoms with E-state index in [1.54, 1.807) is 11.8 Å². The second-order valence-electron chi connectivity index (χ2n) is 5.33. The van der Waals surface area contributed by atoms with Crippen molar-refractivity contribution in [1.82, 2.24) is 0 Å². The minimum Gasteiger partial charge on any atom is -0.299 e. The van der Waals surface area contributed by atoms with Crippen LogP contribution in [0.3, 0.4) is 0 Å². The maximum Gasteiger partial charge on any atom is 0.143 e. The highest BCUT2D eigenvalue weighted by atomic mass is 35.5. The number of thioether (sulfide) groups is 1. The minimum absolute atomic E-state index is 0.371. The van der Waals surface area contributed by atoms with E-state index in [-0.39, 0.29) is 0 Å². The van der Waals surface area contributed by atoms with Crippen LogP contribution in [0.1, 0.15) is 44.9 Å². The third-order valence-corrected chi connectivity index (χ3v) is 5.04. The minimum atomic E-state index is 0.371. The summed E-state index contributed by atoms with van der Waals surface area (Å²) in [6, 6.07) is 7.71. The van der Waals surface area contributed by atoms with Gasteiger partial charge in [-0.15, -0.1) is 11.8 Å². The summed E-state index contributed by atoms with van der Waals surface area (Å²) in [6.07, 6.45) is 8.60. The molecule has 1 aliphatic carbocycles. The SMILES string of the molecule is O=C(CCC1CCCCC1)CSc1cccc(Cl)c1. The number of benzene rings is 1. The topological polar surface area (TPSA) is 17.1 Å². The molecule has 3 heteroatoms. The van der Waals surface area contributed by atoms with Gasteiger partial charge in [0.1, 0.15) is 5.78 Å². The second kappa shape index (κ2) is 7.96. The number of Topliss-reactive ketones (excluding diaryl/α,β-unsaturated/α-hetero) is 1. The molecule has 0 bridgehead atoms. The third-order valence-electron chi connectivity index (χ3n) is 3.75. The Morgan fingerprint density at radius 3 is 2.79 bits per heavy atom. The summed E-state index contributed by atoms with van der Waals surface area (Å²) >= 11 is 7.52. The van der Waals surface area contributed by atoms with Crippen molar-refractivity contribution in [2.75, 3.05) is 5.75 Å². The smallest absolute Gasteiger partial charge is 0.143 e. The monoisotopic (exact) mass is 296 g/mol. The fraction of sp³-hybridized carbons (Fsp3) is 0.562. The molecule has 1 fully saturated rings. The summed E-state index contributed by atoms with van der Waals surface area (Å²) < 4.78 is 0. The molecule has 1 aromatic carbocycles. The van der Waals surface area contributed by atoms with Crippen molar-refractivity contribution in [2.45, 2.75) is 49.8 Å². The lowest BCUT2D eigenvalue weighted by molar-refractivity contribution is -0.116. The highest BCUT2D eigenvalue weighted by Gasteiger charge is 2.14. The van der Waals surface area contributed by atoms with Gasteiger partial charge in [-0.2, -0.15) is 0 Å². The highest BCUT2D eigenvalue weighted by Crippen LogP contribution is 2.28. The van der Waals surface area contributed by atoms with Crippen molar-refractivity contribution in [1.29, 1.82) is 0 Å². The summed E-state index contributed by atoms with van der Waals surface area (Å²) in [6.45, 7) is 0. The standard InChI is InChI=1S/C16H21ClOS/c17-14-7-4-8-16(11-14)19-12-15(18)10-9-13-5-2-1-3-6-13/h4,7-8,11,13H,1-3,5-6,9-10,12H2. The average Bonchev–Trinajstić information content (AvgIpc) is 2.44. The van der Waals surface area contributed by atoms with Crippen LogP contribution in [-0.2, 0) is 4.79 Å². The van der Waals surface area contributed by atoms with Gasteiger partial charge in [0.25, 0.3) is 0 Å². The molecule has 2 rings (SSSR count). The number of halogens is 1. The third kappa shape index (κ3) is 5.58. The first-order valence-electron chi connectivity index (χ1n) is 7.14. The molecule has 1 saturated carbocycles. The molecular weight excluding hydrogens is 276 g/mol. The lowest BCUT2D eigenvalue weighted by Crippen LogP contribution is -2.10. The molecule has 0 radical (unpaired) electrons. The van der Waals surface area contributed by atoms with Crippen LogP contribution >= 0.6 is 23.4 Å². The van der Waals surface area contributed by atoms with Gasteiger partial charge >= 0.3 is 0 Å². The van der Waals surface area contributed by atoms with Crippen molar-refractivity contribution in [3.8, 4) is 0 Å². The molecule has 104 valence electrons. The molecule has 0 heterocycles. The zero-order valence-corrected chi connectivity index (χ0v) is 12.8. The Morgan fingerprint density at radius 1 is 1.26 bits per heavy atom. The normalized spacial score (nSPS) is 16.5. The number of ketones is 1. The van der Waals surface area contributed by atoms with Gasteiger partial charge in [0.05, 0.1) is 5.75 Å². The maximum atomic E-state index is 11.9. The fourth-order valence-electron chi connectivity index (χ4n) is 2.63. The van der Waals surface area contributed by atoms with Gasteiger partial charge in [-0.25, -0.2) is 0 Å². The maximum absolute atomic E-state index is 11.9. The molecule has 0 spiro atoms. The summed E-state index contributed by atoms with van der Waals surface area (Å²) in [5, 5.41) is 0.736. The predicted octanol–water partition coefficient (Wildman–Crippen LogP) is 5.36. The zero-order valence-electron chi connectivity index (χ0n) is 11.2. The Labute approximate surface area is 125 Å². The summed E-state index contributed by atoms with van der Waals surface area (Å²) in [4.78, 5) is 13.0. The molecule has 0 saturated heterocycles. The lowest BCUT2D eigenvalue weighted by atomic mass is 9.86. The first-order chi connectivity index (χ1) is 9.24. The van der Waals surface area contributed by atoms with Crippen LogP contribution in [0.5, 0.6) is 0 Å². The predicted molar refractivity (Wildman–Crippen MR) is 83.0 cm³/mol. The van der Waals surface area contributed by atoms with Crippen molar-refractivity contribution < 1.29 is 4.79 Å². The molecule has 0 aromatic heterocycles. The van der Waals surface area contributed by atoms with Crippen molar-refractivity contribution in [3.05, 3.63) is 29.3 Å². The van der Waals surface area contributed by atoms with Gasteiger partial charge in [-0.05, 0) is 30.5 Å². The van der Waals surface area contributed by atoms with E-state index in [0.29, 0.717) is 11.5 Å². The first kappa shape index (κ1) is 14.9. The molecule has 1 nitrogen and oxygen atoms in total. The van der Waals surface area contributed by atoms with Gasteiger partial charge in [-0.1, -0.05) is 49.8 Å². The van der Waals surface area contributed by atoms with E-state index in [1.165, 1.54) is 32.1 Å². The molecule has 19 heavy (non-hydrogen) atoms. The number of carbonyl (C=O) groups excluding carboxylic acids is 1. The van der Waals surface area contributed by atoms with E-state index in [2.05, 4.69) is 0 Å². The summed E-state index contributed by atoms with van der Waals surface area (Å²) in [5.41, 5.74) is 0. The van der Waals surface area contributed by atoms with E-state index in [4.69, 9.17) is 11.6 Å². The summed E-state index contributed by atoms with van der Waals surface area (Å²) in [7, 11) is 0. The molecular formula is C16H21ClOS. The van der Waals surface area contributed by atoms with Gasteiger partial charge in [0, 0.05) is 16.3 Å². The number of carbonyl (C=O) groups is 1. The van der Waals surface area contributed by atoms with Gasteiger partial charge in [-0.3, -0.25) is 4.79 Å². The van der Waals surface area contributed by atoms with E-state index < -0.39 is 0 Å². The molecule has 0 aliphatic heterocycles. The number of rotatable bonds is 6. The van der Waals surface area contributed by atoms with Gasteiger partial charge in [0.15, 0.2) is 0 Å². The van der Waals surface area contributed by atoms with Crippen LogP contribution in [0.15, 0.2) is 29.2 Å². The molecule has 0 atom stereocenters. The molecule has 1 aliphatic rings. The zero-order chi connectivity index (χ0) is 13.5. The van der Waals surface area contributed by atoms with Crippen LogP contribution in [0.25, 0.3) is 0 Å². The highest BCUT2D eigenvalue weighted by molar-refractivity contribution is 8.00. The van der Waals surface area contributed by atoms with Crippen LogP contribution in [-0.4, -0.2) is 11.5 Å². The number of hydrogen-bond donors (Lipinski definition) is 0. The number of hydrogen-bond acceptors (Lipinski definition) is 2. The molecule has 1 aromatic rings. The van der Waals surface area contributed by atoms with Crippen LogP contribution in [0.4, 0.5) is 0 Å². The van der Waals surface area contributed by atoms with Gasteiger partial charge < -0.3 is 0 Å². The average molecular weight is 297 g/mol. The first-order valence-corrected chi connectivity index (χ1v) is 8.50. The van der Waals surface area contributed by atoms with Crippen molar-refractivity contribution in [3.63, 3.8) is 0 Å². The van der Waals surface area contributed by atoms with Crippen LogP contribution in [0, 0.1) is 5.92 Å². The van der Waals surface area contributed by atoms with E-state index in [1.807, 2.05) is 24.3 Å². The Bertz CT molecular complexity index is 413. The van der Waals surface area contributed by atoms with E-state index in [0.717, 1.165) is 28.7 Å². The Hall–Kier alpha value is -0.470. The molecule has 0 unspecified atom stereocenters. The van der Waals surface area contributed by atoms with E-state index in [9.17, 15) is 4.79 Å². The van der Waals surface area contributed by atoms with Crippen LogP contribution < -0.4 is 0 Å². The Balaban J connectivity index is 1.66. The second-order valence-corrected chi connectivity index (χ2v) is 6.81. The Morgan fingerprint density at radius 2 is 2.05 bits per heavy atom.